The Kier molecular flexibility index (Phi) is 4.96. The van der Waals surface area contributed by atoms with E-state index >= 15 is 0 Å². The Morgan fingerprint density at radius 1 is 1.13 bits per heavy atom. The maximum Gasteiger partial charge on any atom is 0.253 e. The molecule has 1 aromatic heterocycles. The molecule has 0 spiro atoms. The van der Waals surface area contributed by atoms with Gasteiger partial charge in [-0.3, -0.25) is 19.1 Å². The quantitative estimate of drug-likeness (QED) is 0.667. The highest BCUT2D eigenvalue weighted by Crippen LogP contribution is 2.41. The zero-order chi connectivity index (χ0) is 21.5. The van der Waals surface area contributed by atoms with Crippen LogP contribution in [0.3, 0.4) is 0 Å². The average Bonchev–Trinajstić information content (AvgIpc) is 3.25. The van der Waals surface area contributed by atoms with Gasteiger partial charge in [-0.05, 0) is 43.0 Å². The topological polar surface area (TPSA) is 67.2 Å². The normalized spacial score (nSPS) is 23.2. The number of carbonyl (C=O) groups excluding carboxylic acids is 2. The van der Waals surface area contributed by atoms with E-state index in [4.69, 9.17) is 4.98 Å². The lowest BCUT2D eigenvalue weighted by Crippen LogP contribution is -2.44. The standard InChI is InChI=1S/C24H25FN4O2/c1-15-8-2-6-12-19(15)29-23(31)21(14-22(30)26-17-10-4-3-9-16(17)25)28-20-13-7-5-11-18(20)27-24(28)29/h3-5,7,9-11,13,15,19,21H,2,6,8,12,14H2,1H3,(H,26,30)/t15-,19-,21-/m1/s1. The van der Waals surface area contributed by atoms with E-state index in [-0.39, 0.29) is 24.1 Å². The minimum atomic E-state index is -0.691. The van der Waals surface area contributed by atoms with Crippen LogP contribution in [0.4, 0.5) is 16.0 Å². The third-order valence-corrected chi connectivity index (χ3v) is 6.55. The summed E-state index contributed by atoms with van der Waals surface area (Å²) in [6.45, 7) is 2.18. The summed E-state index contributed by atoms with van der Waals surface area (Å²) in [4.78, 5) is 33.0. The van der Waals surface area contributed by atoms with Gasteiger partial charge in [0.05, 0.1) is 23.1 Å². The molecule has 3 atom stereocenters. The SMILES string of the molecule is C[C@@H]1CCCC[C@H]1N1C(=O)[C@@H](CC(=O)Nc2ccccc2F)n2c1nc1ccccc12. The number of fused-ring (bicyclic) bond motifs is 3. The minimum absolute atomic E-state index is 0.0713. The van der Waals surface area contributed by atoms with Crippen LogP contribution in [0.2, 0.25) is 0 Å². The molecule has 2 aliphatic rings. The highest BCUT2D eigenvalue weighted by atomic mass is 19.1. The molecule has 1 N–H and O–H groups in total. The molecule has 0 radical (unpaired) electrons. The molecule has 2 heterocycles. The fourth-order valence-electron chi connectivity index (χ4n) is 4.99. The predicted octanol–water partition coefficient (Wildman–Crippen LogP) is 4.67. The number of para-hydroxylation sites is 3. The van der Waals surface area contributed by atoms with Crippen molar-refractivity contribution >= 4 is 34.5 Å². The molecule has 1 aliphatic heterocycles. The van der Waals surface area contributed by atoms with Crippen molar-refractivity contribution < 1.29 is 14.0 Å². The Bertz CT molecular complexity index is 1160. The summed E-state index contributed by atoms with van der Waals surface area (Å²) in [5, 5.41) is 2.61. The van der Waals surface area contributed by atoms with Gasteiger partial charge in [-0.15, -0.1) is 0 Å². The molecule has 5 rings (SSSR count). The molecular weight excluding hydrogens is 395 g/mol. The van der Waals surface area contributed by atoms with Crippen molar-refractivity contribution in [3.05, 3.63) is 54.3 Å². The van der Waals surface area contributed by atoms with Gasteiger partial charge in [-0.2, -0.15) is 0 Å². The third kappa shape index (κ3) is 3.38. The van der Waals surface area contributed by atoms with E-state index in [0.717, 1.165) is 30.3 Å². The molecule has 6 nitrogen and oxygen atoms in total. The van der Waals surface area contributed by atoms with E-state index in [9.17, 15) is 14.0 Å². The average molecular weight is 420 g/mol. The Labute approximate surface area is 180 Å². The number of hydrogen-bond donors (Lipinski definition) is 1. The number of nitrogens with one attached hydrogen (secondary N) is 1. The Morgan fingerprint density at radius 3 is 2.68 bits per heavy atom. The van der Waals surface area contributed by atoms with Crippen molar-refractivity contribution in [2.24, 2.45) is 5.92 Å². The van der Waals surface area contributed by atoms with Crippen LogP contribution in [0.5, 0.6) is 0 Å². The lowest BCUT2D eigenvalue weighted by molar-refractivity contribution is -0.125. The van der Waals surface area contributed by atoms with Crippen molar-refractivity contribution in [3.8, 4) is 0 Å². The first-order valence-electron chi connectivity index (χ1n) is 10.9. The van der Waals surface area contributed by atoms with Crippen molar-refractivity contribution in [2.75, 3.05) is 10.2 Å². The van der Waals surface area contributed by atoms with Crippen LogP contribution in [0.15, 0.2) is 48.5 Å². The second-order valence-corrected chi connectivity index (χ2v) is 8.56. The van der Waals surface area contributed by atoms with Crippen LogP contribution in [0.25, 0.3) is 11.0 Å². The van der Waals surface area contributed by atoms with Gasteiger partial charge >= 0.3 is 0 Å². The van der Waals surface area contributed by atoms with Crippen molar-refractivity contribution in [2.45, 2.75) is 51.1 Å². The maximum absolute atomic E-state index is 14.0. The Balaban J connectivity index is 1.50. The zero-order valence-corrected chi connectivity index (χ0v) is 17.4. The summed E-state index contributed by atoms with van der Waals surface area (Å²) >= 11 is 0. The van der Waals surface area contributed by atoms with Crippen LogP contribution < -0.4 is 10.2 Å². The number of anilines is 2. The molecule has 7 heteroatoms. The van der Waals surface area contributed by atoms with E-state index in [1.165, 1.54) is 18.6 Å². The number of amides is 2. The Morgan fingerprint density at radius 2 is 1.87 bits per heavy atom. The van der Waals surface area contributed by atoms with Gasteiger partial charge in [0.2, 0.25) is 11.9 Å². The highest BCUT2D eigenvalue weighted by Gasteiger charge is 2.45. The highest BCUT2D eigenvalue weighted by molar-refractivity contribution is 6.05. The molecule has 2 amide bonds. The predicted molar refractivity (Wildman–Crippen MR) is 117 cm³/mol. The smallest absolute Gasteiger partial charge is 0.253 e. The molecule has 1 saturated carbocycles. The summed E-state index contributed by atoms with van der Waals surface area (Å²) in [6.07, 6.45) is 4.19. The third-order valence-electron chi connectivity index (χ3n) is 6.55. The lowest BCUT2D eigenvalue weighted by atomic mass is 9.85. The van der Waals surface area contributed by atoms with Crippen LogP contribution in [0, 0.1) is 11.7 Å². The number of carbonyl (C=O) groups is 2. The van der Waals surface area contributed by atoms with E-state index < -0.39 is 17.8 Å². The lowest BCUT2D eigenvalue weighted by Gasteiger charge is -2.35. The minimum Gasteiger partial charge on any atom is -0.324 e. The molecule has 160 valence electrons. The number of benzene rings is 2. The summed E-state index contributed by atoms with van der Waals surface area (Å²) in [6, 6.07) is 13.1. The molecule has 1 aliphatic carbocycles. The second kappa shape index (κ2) is 7.80. The number of aromatic nitrogens is 2. The second-order valence-electron chi connectivity index (χ2n) is 8.56. The van der Waals surface area contributed by atoms with Crippen LogP contribution in [-0.4, -0.2) is 27.4 Å². The monoisotopic (exact) mass is 420 g/mol. The van der Waals surface area contributed by atoms with Gasteiger partial charge in [-0.25, -0.2) is 9.37 Å². The first kappa shape index (κ1) is 19.7. The van der Waals surface area contributed by atoms with E-state index in [1.807, 2.05) is 33.7 Å². The zero-order valence-electron chi connectivity index (χ0n) is 17.4. The summed E-state index contributed by atoms with van der Waals surface area (Å²) in [5.41, 5.74) is 1.75. The number of nitrogens with zero attached hydrogens (tertiary/aromatic N) is 3. The fourth-order valence-corrected chi connectivity index (χ4v) is 4.99. The van der Waals surface area contributed by atoms with E-state index in [1.54, 1.807) is 12.1 Å². The van der Waals surface area contributed by atoms with Gasteiger partial charge < -0.3 is 5.32 Å². The summed E-state index contributed by atoms with van der Waals surface area (Å²) in [7, 11) is 0. The first-order chi connectivity index (χ1) is 15.0. The van der Waals surface area contributed by atoms with Crippen molar-refractivity contribution in [1.82, 2.24) is 9.55 Å². The van der Waals surface area contributed by atoms with Crippen LogP contribution in [-0.2, 0) is 9.59 Å². The van der Waals surface area contributed by atoms with Crippen molar-refractivity contribution in [1.29, 1.82) is 0 Å². The maximum atomic E-state index is 14.0. The first-order valence-corrected chi connectivity index (χ1v) is 10.9. The van der Waals surface area contributed by atoms with Gasteiger partial charge in [0.1, 0.15) is 11.9 Å². The van der Waals surface area contributed by atoms with Crippen LogP contribution >= 0.6 is 0 Å². The van der Waals surface area contributed by atoms with Gasteiger partial charge in [-0.1, -0.05) is 44.0 Å². The molecule has 1 fully saturated rings. The van der Waals surface area contributed by atoms with E-state index in [0.29, 0.717) is 11.9 Å². The molecule has 2 aromatic carbocycles. The summed E-state index contributed by atoms with van der Waals surface area (Å²) < 4.78 is 15.9. The largest absolute Gasteiger partial charge is 0.324 e. The molecule has 3 aromatic rings. The number of hydrogen-bond acceptors (Lipinski definition) is 3. The van der Waals surface area contributed by atoms with E-state index in [2.05, 4.69) is 12.2 Å². The molecule has 0 bridgehead atoms. The Hall–Kier alpha value is -3.22. The van der Waals surface area contributed by atoms with Crippen LogP contribution in [0.1, 0.15) is 45.1 Å². The number of halogens is 1. The number of rotatable bonds is 4. The van der Waals surface area contributed by atoms with Gasteiger partial charge in [0.15, 0.2) is 0 Å². The van der Waals surface area contributed by atoms with Crippen molar-refractivity contribution in [3.63, 3.8) is 0 Å². The molecule has 31 heavy (non-hydrogen) atoms. The summed E-state index contributed by atoms with van der Waals surface area (Å²) in [5.74, 6) is -0.00738. The molecular formula is C24H25FN4O2. The molecule has 0 unspecified atom stereocenters. The van der Waals surface area contributed by atoms with Gasteiger partial charge in [0, 0.05) is 6.04 Å². The fraction of sp³-hybridized carbons (Fsp3) is 0.375. The number of imidazole rings is 1. The van der Waals surface area contributed by atoms with Gasteiger partial charge in [0.25, 0.3) is 5.91 Å². The molecule has 0 saturated heterocycles.